The number of aromatic nitrogens is 2. The number of rotatable bonds is 6. The fourth-order valence-corrected chi connectivity index (χ4v) is 2.68. The molecule has 0 aliphatic rings. The number of hydrogen-bond donors (Lipinski definition) is 1. The number of aryl methyl sites for hydroxylation is 1. The van der Waals surface area contributed by atoms with Crippen molar-refractivity contribution in [2.75, 3.05) is 0 Å². The average Bonchev–Trinajstić information content (AvgIpc) is 2.75. The molecule has 2 aromatic rings. The van der Waals surface area contributed by atoms with Gasteiger partial charge in [0.05, 0.1) is 0 Å². The quantitative estimate of drug-likeness (QED) is 0.819. The normalized spacial score (nSPS) is 10.8. The molecule has 112 valence electrons. The first-order chi connectivity index (χ1) is 10.0. The van der Waals surface area contributed by atoms with Crippen LogP contribution in [0.3, 0.4) is 0 Å². The number of hydrogen-bond acceptors (Lipinski definition) is 2. The van der Waals surface area contributed by atoms with Crippen LogP contribution >= 0.6 is 27.5 Å². The summed E-state index contributed by atoms with van der Waals surface area (Å²) in [6.45, 7) is 2.54. The predicted molar refractivity (Wildman–Crippen MR) is 86.1 cm³/mol. The van der Waals surface area contributed by atoms with Crippen LogP contribution in [0.2, 0.25) is 5.15 Å². The zero-order valence-electron chi connectivity index (χ0n) is 11.6. The van der Waals surface area contributed by atoms with E-state index in [0.29, 0.717) is 6.54 Å². The Kier molecular flexibility index (Phi) is 5.42. The smallest absolute Gasteiger partial charge is 0.355 e. The Hall–Kier alpha value is -1.33. The van der Waals surface area contributed by atoms with Crippen LogP contribution in [0.4, 0.5) is 0 Å². The summed E-state index contributed by atoms with van der Waals surface area (Å²) < 4.78 is 2.68. The van der Waals surface area contributed by atoms with Crippen molar-refractivity contribution in [2.24, 2.45) is 0 Å². The highest BCUT2D eigenvalue weighted by atomic mass is 79.9. The van der Waals surface area contributed by atoms with Crippen molar-refractivity contribution >= 4 is 33.5 Å². The predicted octanol–water partition coefficient (Wildman–Crippen LogP) is 4.39. The summed E-state index contributed by atoms with van der Waals surface area (Å²) >= 11 is 9.38. The molecule has 0 atom stereocenters. The third kappa shape index (κ3) is 3.86. The van der Waals surface area contributed by atoms with Gasteiger partial charge in [0, 0.05) is 17.4 Å². The molecule has 0 fully saturated rings. The van der Waals surface area contributed by atoms with E-state index < -0.39 is 5.97 Å². The van der Waals surface area contributed by atoms with Crippen LogP contribution in [-0.2, 0) is 13.0 Å². The monoisotopic (exact) mass is 370 g/mol. The van der Waals surface area contributed by atoms with Gasteiger partial charge in [0.15, 0.2) is 10.8 Å². The summed E-state index contributed by atoms with van der Waals surface area (Å²) in [7, 11) is 0. The maximum absolute atomic E-state index is 11.4. The van der Waals surface area contributed by atoms with Crippen LogP contribution in [0.25, 0.3) is 0 Å². The van der Waals surface area contributed by atoms with E-state index in [1.807, 2.05) is 24.3 Å². The summed E-state index contributed by atoms with van der Waals surface area (Å²) in [4.78, 5) is 15.6. The van der Waals surface area contributed by atoms with Crippen LogP contribution in [0.5, 0.6) is 0 Å². The molecule has 1 aromatic carbocycles. The van der Waals surface area contributed by atoms with Crippen LogP contribution in [0.1, 0.15) is 41.6 Å². The lowest BCUT2D eigenvalue weighted by molar-refractivity contribution is 0.0685. The number of halogens is 2. The summed E-state index contributed by atoms with van der Waals surface area (Å²) in [6, 6.07) is 7.76. The van der Waals surface area contributed by atoms with Crippen molar-refractivity contribution in [2.45, 2.75) is 32.7 Å². The molecule has 0 spiro atoms. The van der Waals surface area contributed by atoms with Crippen molar-refractivity contribution in [3.8, 4) is 0 Å². The van der Waals surface area contributed by atoms with Gasteiger partial charge in [-0.15, -0.1) is 0 Å². The van der Waals surface area contributed by atoms with Gasteiger partial charge in [-0.1, -0.05) is 53.0 Å². The van der Waals surface area contributed by atoms with E-state index in [4.69, 9.17) is 11.6 Å². The number of nitrogens with zero attached hydrogens (tertiary/aromatic N) is 2. The Morgan fingerprint density at radius 1 is 1.38 bits per heavy atom. The van der Waals surface area contributed by atoms with Gasteiger partial charge in [-0.3, -0.25) is 0 Å². The van der Waals surface area contributed by atoms with Crippen molar-refractivity contribution in [1.29, 1.82) is 0 Å². The molecule has 1 heterocycles. The Morgan fingerprint density at radius 2 is 2.05 bits per heavy atom. The number of imidazole rings is 1. The topological polar surface area (TPSA) is 55.1 Å². The SMILES string of the molecule is CCCCc1nc(Cl)c(C(=O)O)n1Cc1ccc(Br)cc1. The van der Waals surface area contributed by atoms with Gasteiger partial charge in [-0.05, 0) is 24.1 Å². The van der Waals surface area contributed by atoms with Gasteiger partial charge < -0.3 is 9.67 Å². The van der Waals surface area contributed by atoms with Crippen LogP contribution in [0, 0.1) is 0 Å². The van der Waals surface area contributed by atoms with Gasteiger partial charge in [-0.25, -0.2) is 9.78 Å². The number of unbranched alkanes of at least 4 members (excludes halogenated alkanes) is 1. The van der Waals surface area contributed by atoms with Crippen LogP contribution < -0.4 is 0 Å². The molecule has 21 heavy (non-hydrogen) atoms. The van der Waals surface area contributed by atoms with Gasteiger partial charge in [0.1, 0.15) is 5.82 Å². The Morgan fingerprint density at radius 3 is 2.62 bits per heavy atom. The number of aromatic carboxylic acids is 1. The lowest BCUT2D eigenvalue weighted by Gasteiger charge is -2.10. The first kappa shape index (κ1) is 16.0. The van der Waals surface area contributed by atoms with Gasteiger partial charge in [0.25, 0.3) is 0 Å². The molecule has 0 aliphatic carbocycles. The van der Waals surface area contributed by atoms with Gasteiger partial charge >= 0.3 is 5.97 Å². The van der Waals surface area contributed by atoms with E-state index in [9.17, 15) is 9.90 Å². The Labute approximate surface area is 136 Å². The van der Waals surface area contributed by atoms with Gasteiger partial charge in [0.2, 0.25) is 0 Å². The number of benzene rings is 1. The molecule has 6 heteroatoms. The lowest BCUT2D eigenvalue weighted by atomic mass is 10.2. The van der Waals surface area contributed by atoms with Crippen molar-refractivity contribution in [1.82, 2.24) is 9.55 Å². The molecule has 0 radical (unpaired) electrons. The molecule has 1 N–H and O–H groups in total. The number of carbonyl (C=O) groups is 1. The molecule has 0 unspecified atom stereocenters. The highest BCUT2D eigenvalue weighted by Crippen LogP contribution is 2.21. The standard InChI is InChI=1S/C15H16BrClN2O2/c1-2-3-4-12-18-14(17)13(15(20)21)19(12)9-10-5-7-11(16)8-6-10/h5-8H,2-4,9H2,1H3,(H,20,21). The minimum atomic E-state index is -1.05. The summed E-state index contributed by atoms with van der Waals surface area (Å²) in [5.41, 5.74) is 1.07. The summed E-state index contributed by atoms with van der Waals surface area (Å²) in [5.74, 6) is -0.325. The third-order valence-electron chi connectivity index (χ3n) is 3.21. The minimum absolute atomic E-state index is 0.0608. The first-order valence-electron chi connectivity index (χ1n) is 6.75. The molecular formula is C15H16BrClN2O2. The second kappa shape index (κ2) is 7.09. The Balaban J connectivity index is 2.38. The Bertz CT molecular complexity index is 638. The van der Waals surface area contributed by atoms with Crippen molar-refractivity contribution in [3.05, 3.63) is 51.0 Å². The molecule has 2 rings (SSSR count). The fraction of sp³-hybridized carbons (Fsp3) is 0.333. The number of carboxylic acid groups (broad SMARTS) is 1. The van der Waals surface area contributed by atoms with E-state index in [0.717, 1.165) is 35.1 Å². The molecule has 0 bridgehead atoms. The zero-order valence-corrected chi connectivity index (χ0v) is 14.0. The molecule has 0 saturated carbocycles. The second-order valence-corrected chi connectivity index (χ2v) is 6.06. The highest BCUT2D eigenvalue weighted by molar-refractivity contribution is 9.10. The molecule has 0 saturated heterocycles. The van der Waals surface area contributed by atoms with E-state index >= 15 is 0 Å². The van der Waals surface area contributed by atoms with Gasteiger partial charge in [-0.2, -0.15) is 0 Å². The minimum Gasteiger partial charge on any atom is -0.476 e. The molecule has 0 amide bonds. The second-order valence-electron chi connectivity index (χ2n) is 4.79. The number of carboxylic acids is 1. The maximum Gasteiger partial charge on any atom is 0.355 e. The maximum atomic E-state index is 11.4. The van der Waals surface area contributed by atoms with Crippen LogP contribution in [-0.4, -0.2) is 20.6 Å². The van der Waals surface area contributed by atoms with E-state index in [1.54, 1.807) is 4.57 Å². The molecule has 1 aromatic heterocycles. The van der Waals surface area contributed by atoms with E-state index in [2.05, 4.69) is 27.8 Å². The van der Waals surface area contributed by atoms with E-state index in [1.165, 1.54) is 0 Å². The lowest BCUT2D eigenvalue weighted by Crippen LogP contribution is -2.13. The highest BCUT2D eigenvalue weighted by Gasteiger charge is 2.21. The summed E-state index contributed by atoms with van der Waals surface area (Å²) in [6.07, 6.45) is 2.69. The first-order valence-corrected chi connectivity index (χ1v) is 7.92. The molecule has 4 nitrogen and oxygen atoms in total. The largest absolute Gasteiger partial charge is 0.476 e. The molecule has 0 aliphatic heterocycles. The van der Waals surface area contributed by atoms with Crippen molar-refractivity contribution in [3.63, 3.8) is 0 Å². The van der Waals surface area contributed by atoms with Crippen LogP contribution in [0.15, 0.2) is 28.7 Å². The van der Waals surface area contributed by atoms with Crippen molar-refractivity contribution < 1.29 is 9.90 Å². The summed E-state index contributed by atoms with van der Waals surface area (Å²) in [5, 5.41) is 9.42. The van der Waals surface area contributed by atoms with E-state index in [-0.39, 0.29) is 10.8 Å². The fourth-order valence-electron chi connectivity index (χ4n) is 2.14. The third-order valence-corrected chi connectivity index (χ3v) is 4.01. The average molecular weight is 372 g/mol. The zero-order chi connectivity index (χ0) is 15.4. The molecular weight excluding hydrogens is 356 g/mol.